The van der Waals surface area contributed by atoms with Crippen LogP contribution in [0.15, 0.2) is 0 Å². The molecule has 0 aromatic carbocycles. The molecule has 17 heavy (non-hydrogen) atoms. The molecule has 0 aliphatic rings. The van der Waals surface area contributed by atoms with Crippen molar-refractivity contribution < 1.29 is 0 Å². The van der Waals surface area contributed by atoms with E-state index in [1.54, 1.807) is 0 Å². The Morgan fingerprint density at radius 2 is 0.824 bits per heavy atom. The largest absolute Gasteiger partial charge is 0.0628 e. The van der Waals surface area contributed by atoms with Crippen LogP contribution in [0.4, 0.5) is 0 Å². The van der Waals surface area contributed by atoms with E-state index in [9.17, 15) is 0 Å². The maximum Gasteiger partial charge on any atom is -0.0242 e. The Kier molecular flexibility index (Phi) is 6.25. The average Bonchev–Trinajstić information content (AvgIpc) is 1.96. The molecule has 0 saturated carbocycles. The van der Waals surface area contributed by atoms with Gasteiger partial charge in [0.25, 0.3) is 0 Å². The molecule has 104 valence electrons. The zero-order valence-electron chi connectivity index (χ0n) is 13.9. The molecule has 0 fully saturated rings. The summed E-state index contributed by atoms with van der Waals surface area (Å²) in [7, 11) is 0. The quantitative estimate of drug-likeness (QED) is 0.522. The smallest absolute Gasteiger partial charge is 0.0242 e. The third kappa shape index (κ3) is 5.44. The van der Waals surface area contributed by atoms with Crippen molar-refractivity contribution in [2.45, 2.75) is 81.6 Å². The predicted octanol–water partition coefficient (Wildman–Crippen LogP) is 6.16. The molecule has 0 aliphatic carbocycles. The summed E-state index contributed by atoms with van der Waals surface area (Å²) in [5.41, 5.74) is 0.912. The summed E-state index contributed by atoms with van der Waals surface area (Å²) in [5.74, 6) is 2.39. The van der Waals surface area contributed by atoms with E-state index in [4.69, 9.17) is 0 Å². The maximum atomic E-state index is 2.44. The van der Waals surface area contributed by atoms with E-state index >= 15 is 0 Å². The SMILES string of the molecule is CC(C)CC(CC(C)C)(CC(C)C)C(C)(C)C. The molecule has 0 N–H and O–H groups in total. The Bertz CT molecular complexity index is 176. The number of hydrogen-bond donors (Lipinski definition) is 0. The molecule has 0 nitrogen and oxygen atoms in total. The Balaban J connectivity index is 5.20. The number of rotatable bonds is 6. The Labute approximate surface area is 111 Å². The standard InChI is InChI=1S/C17H36/c1-13(2)10-17(11-14(3)4,12-15(5)6)16(7,8)9/h13-15H,10-12H2,1-9H3. The molecular formula is C17H36. The minimum atomic E-state index is 0.409. The molecule has 0 rings (SSSR count). The van der Waals surface area contributed by atoms with Crippen molar-refractivity contribution in [3.63, 3.8) is 0 Å². The fourth-order valence-corrected chi connectivity index (χ4v) is 3.51. The van der Waals surface area contributed by atoms with E-state index in [1.165, 1.54) is 19.3 Å². The van der Waals surface area contributed by atoms with Gasteiger partial charge in [0, 0.05) is 0 Å². The molecule has 0 saturated heterocycles. The fraction of sp³-hybridized carbons (Fsp3) is 1.00. The monoisotopic (exact) mass is 240 g/mol. The fourth-order valence-electron chi connectivity index (χ4n) is 3.51. The average molecular weight is 240 g/mol. The molecule has 0 unspecified atom stereocenters. The van der Waals surface area contributed by atoms with E-state index in [1.807, 2.05) is 0 Å². The second kappa shape index (κ2) is 6.25. The van der Waals surface area contributed by atoms with Gasteiger partial charge in [-0.15, -0.1) is 0 Å². The van der Waals surface area contributed by atoms with Gasteiger partial charge in [0.15, 0.2) is 0 Å². The zero-order chi connectivity index (χ0) is 13.9. The van der Waals surface area contributed by atoms with Crippen LogP contribution in [0.3, 0.4) is 0 Å². The highest BCUT2D eigenvalue weighted by molar-refractivity contribution is 4.92. The van der Waals surface area contributed by atoms with Gasteiger partial charge in [-0.1, -0.05) is 62.3 Å². The van der Waals surface area contributed by atoms with Crippen molar-refractivity contribution in [3.05, 3.63) is 0 Å². The van der Waals surface area contributed by atoms with Crippen molar-refractivity contribution in [1.82, 2.24) is 0 Å². The first-order valence-corrected chi connectivity index (χ1v) is 7.50. The molecule has 0 heteroatoms. The van der Waals surface area contributed by atoms with Crippen molar-refractivity contribution in [2.75, 3.05) is 0 Å². The summed E-state index contributed by atoms with van der Waals surface area (Å²) in [6, 6.07) is 0. The van der Waals surface area contributed by atoms with Crippen LogP contribution in [0.1, 0.15) is 81.6 Å². The van der Waals surface area contributed by atoms with Crippen LogP contribution in [0.2, 0.25) is 0 Å². The van der Waals surface area contributed by atoms with E-state index in [2.05, 4.69) is 62.3 Å². The second-order valence-corrected chi connectivity index (χ2v) is 8.32. The van der Waals surface area contributed by atoms with Gasteiger partial charge in [0.2, 0.25) is 0 Å². The molecule has 0 aliphatic heterocycles. The van der Waals surface area contributed by atoms with Crippen molar-refractivity contribution in [3.8, 4) is 0 Å². The first kappa shape index (κ1) is 17.0. The van der Waals surface area contributed by atoms with Crippen molar-refractivity contribution in [2.24, 2.45) is 28.6 Å². The molecule has 0 radical (unpaired) electrons. The van der Waals surface area contributed by atoms with Crippen molar-refractivity contribution in [1.29, 1.82) is 0 Å². The van der Waals surface area contributed by atoms with E-state index in [-0.39, 0.29) is 0 Å². The summed E-state index contributed by atoms with van der Waals surface area (Å²) < 4.78 is 0. The summed E-state index contributed by atoms with van der Waals surface area (Å²) in [5, 5.41) is 0. The molecule has 0 aromatic rings. The van der Waals surface area contributed by atoms with Crippen LogP contribution < -0.4 is 0 Å². The second-order valence-electron chi connectivity index (χ2n) is 8.32. The third-order valence-electron chi connectivity index (χ3n) is 3.99. The molecule has 0 amide bonds. The molecule has 0 bridgehead atoms. The van der Waals surface area contributed by atoms with Crippen LogP contribution >= 0.6 is 0 Å². The van der Waals surface area contributed by atoms with Crippen LogP contribution in [-0.4, -0.2) is 0 Å². The first-order chi connectivity index (χ1) is 7.50. The van der Waals surface area contributed by atoms with Gasteiger partial charge in [-0.3, -0.25) is 0 Å². The third-order valence-corrected chi connectivity index (χ3v) is 3.99. The zero-order valence-corrected chi connectivity index (χ0v) is 13.9. The van der Waals surface area contributed by atoms with Crippen LogP contribution in [-0.2, 0) is 0 Å². The molecule has 0 spiro atoms. The predicted molar refractivity (Wildman–Crippen MR) is 80.3 cm³/mol. The summed E-state index contributed by atoms with van der Waals surface area (Å²) in [6.07, 6.45) is 4.10. The lowest BCUT2D eigenvalue weighted by atomic mass is 9.56. The molecule has 0 atom stereocenters. The summed E-state index contributed by atoms with van der Waals surface area (Å²) in [4.78, 5) is 0. The lowest BCUT2D eigenvalue weighted by molar-refractivity contribution is 0.0127. The molecule has 0 aromatic heterocycles. The van der Waals surface area contributed by atoms with E-state index in [0.29, 0.717) is 10.8 Å². The Morgan fingerprint density at radius 3 is 0.941 bits per heavy atom. The van der Waals surface area contributed by atoms with Crippen LogP contribution in [0, 0.1) is 28.6 Å². The Hall–Kier alpha value is 0. The highest BCUT2D eigenvalue weighted by atomic mass is 14.5. The van der Waals surface area contributed by atoms with Gasteiger partial charge >= 0.3 is 0 Å². The minimum Gasteiger partial charge on any atom is -0.0628 e. The van der Waals surface area contributed by atoms with Gasteiger partial charge in [0.05, 0.1) is 0 Å². The van der Waals surface area contributed by atoms with Crippen molar-refractivity contribution >= 4 is 0 Å². The highest BCUT2D eigenvalue weighted by Gasteiger charge is 2.42. The summed E-state index contributed by atoms with van der Waals surface area (Å²) >= 11 is 0. The normalized spacial score (nSPS) is 14.1. The molecule has 0 heterocycles. The maximum absolute atomic E-state index is 2.44. The van der Waals surface area contributed by atoms with Gasteiger partial charge in [-0.05, 0) is 47.8 Å². The van der Waals surface area contributed by atoms with Gasteiger partial charge in [0.1, 0.15) is 0 Å². The van der Waals surface area contributed by atoms with Crippen LogP contribution in [0.25, 0.3) is 0 Å². The van der Waals surface area contributed by atoms with E-state index < -0.39 is 0 Å². The first-order valence-electron chi connectivity index (χ1n) is 7.50. The Morgan fingerprint density at radius 1 is 0.588 bits per heavy atom. The van der Waals surface area contributed by atoms with E-state index in [0.717, 1.165) is 17.8 Å². The van der Waals surface area contributed by atoms with Gasteiger partial charge < -0.3 is 0 Å². The lowest BCUT2D eigenvalue weighted by Gasteiger charge is -2.49. The van der Waals surface area contributed by atoms with Gasteiger partial charge in [-0.2, -0.15) is 0 Å². The lowest BCUT2D eigenvalue weighted by Crippen LogP contribution is -2.39. The van der Waals surface area contributed by atoms with Crippen LogP contribution in [0.5, 0.6) is 0 Å². The highest BCUT2D eigenvalue weighted by Crippen LogP contribution is 2.52. The number of hydrogen-bond acceptors (Lipinski definition) is 0. The van der Waals surface area contributed by atoms with Gasteiger partial charge in [-0.25, -0.2) is 0 Å². The minimum absolute atomic E-state index is 0.409. The summed E-state index contributed by atoms with van der Waals surface area (Å²) in [6.45, 7) is 21.6. The topological polar surface area (TPSA) is 0 Å². The molecular weight excluding hydrogens is 204 g/mol.